The maximum atomic E-state index is 8.94. The zero-order chi connectivity index (χ0) is 13.2. The summed E-state index contributed by atoms with van der Waals surface area (Å²) < 4.78 is 2.64. The second kappa shape index (κ2) is 4.78. The van der Waals surface area contributed by atoms with Crippen LogP contribution in [0, 0.1) is 11.3 Å². The van der Waals surface area contributed by atoms with Crippen molar-refractivity contribution in [2.24, 2.45) is 0 Å². The molecule has 0 unspecified atom stereocenters. The highest BCUT2D eigenvalue weighted by molar-refractivity contribution is 9.10. The lowest BCUT2D eigenvalue weighted by Gasteiger charge is -2.07. The third-order valence-electron chi connectivity index (χ3n) is 2.73. The van der Waals surface area contributed by atoms with Gasteiger partial charge in [-0.2, -0.15) is 5.26 Å². The summed E-state index contributed by atoms with van der Waals surface area (Å²) in [7, 11) is 0. The molecule has 6 heteroatoms. The molecule has 2 heterocycles. The van der Waals surface area contributed by atoms with E-state index >= 15 is 0 Å². The molecule has 1 aromatic carbocycles. The summed E-state index contributed by atoms with van der Waals surface area (Å²) in [5, 5.41) is 8.94. The topological polar surface area (TPSA) is 67.4 Å². The van der Waals surface area contributed by atoms with E-state index in [-0.39, 0.29) is 6.42 Å². The first-order chi connectivity index (χ1) is 9.31. The average molecular weight is 314 g/mol. The number of para-hydroxylation sites is 2. The van der Waals surface area contributed by atoms with Crippen molar-refractivity contribution < 1.29 is 0 Å². The predicted octanol–water partition coefficient (Wildman–Crippen LogP) is 2.64. The van der Waals surface area contributed by atoms with Crippen LogP contribution in [0.5, 0.6) is 0 Å². The van der Waals surface area contributed by atoms with Crippen LogP contribution < -0.4 is 0 Å². The van der Waals surface area contributed by atoms with Gasteiger partial charge in [0, 0.05) is 6.20 Å². The number of aromatic nitrogens is 4. The Kier molecular flexibility index (Phi) is 2.97. The first-order valence-electron chi connectivity index (χ1n) is 5.60. The second-order valence-corrected chi connectivity index (χ2v) is 4.74. The van der Waals surface area contributed by atoms with Crippen molar-refractivity contribution >= 4 is 27.0 Å². The summed E-state index contributed by atoms with van der Waals surface area (Å²) in [5.41, 5.74) is 1.77. The van der Waals surface area contributed by atoms with Gasteiger partial charge < -0.3 is 0 Å². The molecule has 92 valence electrons. The Hall–Kier alpha value is -2.26. The van der Waals surface area contributed by atoms with Gasteiger partial charge in [0.05, 0.1) is 28.0 Å². The largest absolute Gasteiger partial charge is 0.278 e. The molecule has 0 amide bonds. The minimum atomic E-state index is 0.227. The molecule has 0 saturated heterocycles. The Morgan fingerprint density at radius 1 is 1.32 bits per heavy atom. The van der Waals surface area contributed by atoms with Gasteiger partial charge in [-0.05, 0) is 28.1 Å². The predicted molar refractivity (Wildman–Crippen MR) is 73.7 cm³/mol. The molecule has 0 spiro atoms. The van der Waals surface area contributed by atoms with Crippen molar-refractivity contribution in [2.75, 3.05) is 0 Å². The highest BCUT2D eigenvalue weighted by Gasteiger charge is 2.14. The van der Waals surface area contributed by atoms with Crippen molar-refractivity contribution in [3.63, 3.8) is 0 Å². The molecule has 19 heavy (non-hydrogen) atoms. The summed E-state index contributed by atoms with van der Waals surface area (Å²) in [5.74, 6) is 1.36. The van der Waals surface area contributed by atoms with E-state index in [9.17, 15) is 0 Å². The standard InChI is InChI=1S/C13H8BrN5/c14-9-7-16-8-17-13(9)19-11-4-2-1-3-10(11)18-12(19)5-6-15/h1-4,7-8H,5H2. The number of nitrogens with zero attached hydrogens (tertiary/aromatic N) is 5. The zero-order valence-electron chi connectivity index (χ0n) is 9.79. The molecule has 0 radical (unpaired) electrons. The van der Waals surface area contributed by atoms with Crippen LogP contribution in [0.4, 0.5) is 0 Å². The average Bonchev–Trinajstić information content (AvgIpc) is 2.78. The Labute approximate surface area is 117 Å². The zero-order valence-corrected chi connectivity index (χ0v) is 11.4. The molecule has 0 aliphatic carbocycles. The van der Waals surface area contributed by atoms with Crippen LogP contribution in [-0.4, -0.2) is 19.5 Å². The van der Waals surface area contributed by atoms with Crippen LogP contribution in [0.2, 0.25) is 0 Å². The SMILES string of the molecule is N#CCc1nc2ccccc2n1-c1ncncc1Br. The molecule has 0 bridgehead atoms. The molecule has 2 aromatic heterocycles. The Bertz CT molecular complexity index is 787. The van der Waals surface area contributed by atoms with Gasteiger partial charge >= 0.3 is 0 Å². The number of hydrogen-bond acceptors (Lipinski definition) is 4. The molecule has 3 aromatic rings. The molecule has 5 nitrogen and oxygen atoms in total. The third-order valence-corrected chi connectivity index (χ3v) is 3.29. The van der Waals surface area contributed by atoms with E-state index in [4.69, 9.17) is 5.26 Å². The van der Waals surface area contributed by atoms with E-state index < -0.39 is 0 Å². The molecule has 0 saturated carbocycles. The Morgan fingerprint density at radius 3 is 2.95 bits per heavy atom. The number of benzene rings is 1. The lowest BCUT2D eigenvalue weighted by molar-refractivity contribution is 0.905. The summed E-state index contributed by atoms with van der Waals surface area (Å²) in [6.45, 7) is 0. The van der Waals surface area contributed by atoms with Crippen LogP contribution in [-0.2, 0) is 6.42 Å². The number of nitriles is 1. The maximum Gasteiger partial charge on any atom is 0.156 e. The van der Waals surface area contributed by atoms with E-state index in [1.807, 2.05) is 28.8 Å². The fourth-order valence-corrected chi connectivity index (χ4v) is 2.37. The van der Waals surface area contributed by atoms with E-state index in [2.05, 4.69) is 37.0 Å². The van der Waals surface area contributed by atoms with Gasteiger partial charge in [0.2, 0.25) is 0 Å². The minimum Gasteiger partial charge on any atom is -0.278 e. The highest BCUT2D eigenvalue weighted by atomic mass is 79.9. The highest BCUT2D eigenvalue weighted by Crippen LogP contribution is 2.24. The molecule has 3 rings (SSSR count). The van der Waals surface area contributed by atoms with E-state index in [0.29, 0.717) is 11.6 Å². The summed E-state index contributed by atoms with van der Waals surface area (Å²) >= 11 is 3.43. The summed E-state index contributed by atoms with van der Waals surface area (Å²) in [6.07, 6.45) is 3.38. The summed E-state index contributed by atoms with van der Waals surface area (Å²) in [4.78, 5) is 12.7. The fraction of sp³-hybridized carbons (Fsp3) is 0.0769. The monoisotopic (exact) mass is 313 g/mol. The Morgan fingerprint density at radius 2 is 2.16 bits per heavy atom. The van der Waals surface area contributed by atoms with Crippen LogP contribution in [0.3, 0.4) is 0 Å². The number of rotatable bonds is 2. The molecule has 0 N–H and O–H groups in total. The van der Waals surface area contributed by atoms with Gasteiger partial charge in [0.15, 0.2) is 5.82 Å². The summed E-state index contributed by atoms with van der Waals surface area (Å²) in [6, 6.07) is 9.86. The van der Waals surface area contributed by atoms with Gasteiger partial charge in [0.25, 0.3) is 0 Å². The van der Waals surface area contributed by atoms with Gasteiger partial charge in [-0.15, -0.1) is 0 Å². The van der Waals surface area contributed by atoms with E-state index in [0.717, 1.165) is 15.5 Å². The van der Waals surface area contributed by atoms with Crippen molar-refractivity contribution in [3.8, 4) is 11.9 Å². The van der Waals surface area contributed by atoms with Gasteiger partial charge in [0.1, 0.15) is 12.2 Å². The maximum absolute atomic E-state index is 8.94. The van der Waals surface area contributed by atoms with Crippen molar-refractivity contribution in [1.29, 1.82) is 5.26 Å². The van der Waals surface area contributed by atoms with Gasteiger partial charge in [-0.3, -0.25) is 4.57 Å². The molecule has 0 atom stereocenters. The lowest BCUT2D eigenvalue weighted by Crippen LogP contribution is -2.04. The smallest absolute Gasteiger partial charge is 0.156 e. The van der Waals surface area contributed by atoms with Crippen molar-refractivity contribution in [1.82, 2.24) is 19.5 Å². The Balaban J connectivity index is 2.35. The van der Waals surface area contributed by atoms with Gasteiger partial charge in [-0.1, -0.05) is 12.1 Å². The molecule has 0 aliphatic heterocycles. The third kappa shape index (κ3) is 1.98. The van der Waals surface area contributed by atoms with Crippen LogP contribution in [0.15, 0.2) is 41.3 Å². The van der Waals surface area contributed by atoms with Crippen LogP contribution >= 0.6 is 15.9 Å². The second-order valence-electron chi connectivity index (χ2n) is 3.88. The number of fused-ring (bicyclic) bond motifs is 1. The molecule has 0 aliphatic rings. The minimum absolute atomic E-state index is 0.227. The first kappa shape index (κ1) is 11.8. The van der Waals surface area contributed by atoms with Crippen LogP contribution in [0.25, 0.3) is 16.9 Å². The molecular formula is C13H8BrN5. The number of hydrogen-bond donors (Lipinski definition) is 0. The fourth-order valence-electron chi connectivity index (χ4n) is 1.97. The number of imidazole rings is 1. The number of halogens is 1. The lowest BCUT2D eigenvalue weighted by atomic mass is 10.3. The van der Waals surface area contributed by atoms with Crippen molar-refractivity contribution in [3.05, 3.63) is 47.1 Å². The first-order valence-corrected chi connectivity index (χ1v) is 6.39. The van der Waals surface area contributed by atoms with E-state index in [1.165, 1.54) is 6.33 Å². The van der Waals surface area contributed by atoms with Crippen LogP contribution in [0.1, 0.15) is 5.82 Å². The molecule has 0 fully saturated rings. The molecular weight excluding hydrogens is 306 g/mol. The van der Waals surface area contributed by atoms with Crippen molar-refractivity contribution in [2.45, 2.75) is 6.42 Å². The van der Waals surface area contributed by atoms with E-state index in [1.54, 1.807) is 6.20 Å². The van der Waals surface area contributed by atoms with Gasteiger partial charge in [-0.25, -0.2) is 15.0 Å². The normalized spacial score (nSPS) is 10.5. The quantitative estimate of drug-likeness (QED) is 0.729.